The van der Waals surface area contributed by atoms with Gasteiger partial charge in [-0.3, -0.25) is 4.79 Å². The molecule has 1 aliphatic heterocycles. The molecule has 0 atom stereocenters. The summed E-state index contributed by atoms with van der Waals surface area (Å²) < 4.78 is 10.5. The van der Waals surface area contributed by atoms with Crippen LogP contribution in [-0.2, 0) is 4.74 Å². The number of amides is 1. The van der Waals surface area contributed by atoms with E-state index in [0.717, 1.165) is 0 Å². The second-order valence-electron chi connectivity index (χ2n) is 4.85. The Bertz CT molecular complexity index is 663. The summed E-state index contributed by atoms with van der Waals surface area (Å²) in [4.78, 5) is 14.5. The minimum absolute atomic E-state index is 0.0908. The van der Waals surface area contributed by atoms with Gasteiger partial charge >= 0.3 is 0 Å². The standard InChI is InChI=1S/C15H15ClN2O3/c1-10-13(15(19)18-6-8-20-9-7-18)14(17-21-10)11-4-2-3-5-12(11)16/h2-5H,6-9H2,1H3. The molecule has 21 heavy (non-hydrogen) atoms. The molecule has 0 N–H and O–H groups in total. The largest absolute Gasteiger partial charge is 0.378 e. The molecule has 0 bridgehead atoms. The zero-order valence-electron chi connectivity index (χ0n) is 11.6. The molecular weight excluding hydrogens is 292 g/mol. The van der Waals surface area contributed by atoms with Crippen LogP contribution in [0.1, 0.15) is 16.1 Å². The summed E-state index contributed by atoms with van der Waals surface area (Å²) in [6.45, 7) is 3.99. The normalized spacial score (nSPS) is 15.2. The van der Waals surface area contributed by atoms with Gasteiger partial charge in [-0.25, -0.2) is 0 Å². The van der Waals surface area contributed by atoms with E-state index in [-0.39, 0.29) is 5.91 Å². The molecule has 0 unspecified atom stereocenters. The maximum absolute atomic E-state index is 12.7. The molecular formula is C15H15ClN2O3. The maximum Gasteiger partial charge on any atom is 0.259 e. The van der Waals surface area contributed by atoms with E-state index in [0.29, 0.717) is 53.9 Å². The molecule has 1 fully saturated rings. The predicted molar refractivity (Wildman–Crippen MR) is 78.4 cm³/mol. The Balaban J connectivity index is 2.01. The van der Waals surface area contributed by atoms with Crippen molar-refractivity contribution in [3.8, 4) is 11.3 Å². The lowest BCUT2D eigenvalue weighted by Crippen LogP contribution is -2.41. The zero-order valence-corrected chi connectivity index (χ0v) is 12.4. The molecule has 0 aliphatic carbocycles. The molecule has 5 nitrogen and oxygen atoms in total. The third kappa shape index (κ3) is 2.66. The summed E-state index contributed by atoms with van der Waals surface area (Å²) in [6.07, 6.45) is 0. The van der Waals surface area contributed by atoms with Crippen molar-refractivity contribution in [3.05, 3.63) is 40.6 Å². The monoisotopic (exact) mass is 306 g/mol. The van der Waals surface area contributed by atoms with Crippen LogP contribution < -0.4 is 0 Å². The minimum atomic E-state index is -0.0908. The highest BCUT2D eigenvalue weighted by molar-refractivity contribution is 6.33. The molecule has 1 aliphatic rings. The quantitative estimate of drug-likeness (QED) is 0.856. The van der Waals surface area contributed by atoms with E-state index in [9.17, 15) is 4.79 Å². The number of aromatic nitrogens is 1. The van der Waals surface area contributed by atoms with Gasteiger partial charge in [0.2, 0.25) is 0 Å². The van der Waals surface area contributed by atoms with Crippen LogP contribution in [0.3, 0.4) is 0 Å². The molecule has 1 amide bonds. The van der Waals surface area contributed by atoms with E-state index in [1.165, 1.54) is 0 Å². The summed E-state index contributed by atoms with van der Waals surface area (Å²) in [5, 5.41) is 4.57. The predicted octanol–water partition coefficient (Wildman–Crippen LogP) is 2.78. The van der Waals surface area contributed by atoms with Gasteiger partial charge in [0.05, 0.1) is 18.2 Å². The number of halogens is 1. The number of carbonyl (C=O) groups is 1. The van der Waals surface area contributed by atoms with Gasteiger partial charge in [0, 0.05) is 18.7 Å². The van der Waals surface area contributed by atoms with E-state index in [4.69, 9.17) is 20.9 Å². The fraction of sp³-hybridized carbons (Fsp3) is 0.333. The summed E-state index contributed by atoms with van der Waals surface area (Å²) in [5.41, 5.74) is 1.67. The topological polar surface area (TPSA) is 55.6 Å². The molecule has 2 heterocycles. The van der Waals surface area contributed by atoms with Crippen molar-refractivity contribution in [2.24, 2.45) is 0 Å². The molecule has 2 aromatic rings. The summed E-state index contributed by atoms with van der Waals surface area (Å²) >= 11 is 6.20. The van der Waals surface area contributed by atoms with Crippen LogP contribution in [0.15, 0.2) is 28.8 Å². The first-order valence-electron chi connectivity index (χ1n) is 6.76. The number of hydrogen-bond acceptors (Lipinski definition) is 4. The van der Waals surface area contributed by atoms with Gasteiger partial charge in [-0.2, -0.15) is 0 Å². The van der Waals surface area contributed by atoms with E-state index in [1.807, 2.05) is 18.2 Å². The fourth-order valence-corrected chi connectivity index (χ4v) is 2.61. The number of benzene rings is 1. The van der Waals surface area contributed by atoms with E-state index >= 15 is 0 Å². The number of rotatable bonds is 2. The molecule has 1 aromatic heterocycles. The lowest BCUT2D eigenvalue weighted by atomic mass is 10.0. The Kier molecular flexibility index (Phi) is 3.94. The first-order chi connectivity index (χ1) is 10.2. The van der Waals surface area contributed by atoms with Crippen molar-refractivity contribution in [2.45, 2.75) is 6.92 Å². The Morgan fingerprint density at radius 1 is 1.29 bits per heavy atom. The van der Waals surface area contributed by atoms with Crippen molar-refractivity contribution in [1.29, 1.82) is 0 Å². The number of morpholine rings is 1. The van der Waals surface area contributed by atoms with Crippen LogP contribution in [-0.4, -0.2) is 42.3 Å². The highest BCUT2D eigenvalue weighted by atomic mass is 35.5. The first kappa shape index (κ1) is 14.1. The summed E-state index contributed by atoms with van der Waals surface area (Å²) in [7, 11) is 0. The molecule has 6 heteroatoms. The summed E-state index contributed by atoms with van der Waals surface area (Å²) in [5.74, 6) is 0.411. The van der Waals surface area contributed by atoms with E-state index in [1.54, 1.807) is 17.9 Å². The lowest BCUT2D eigenvalue weighted by Gasteiger charge is -2.26. The Hall–Kier alpha value is -1.85. The van der Waals surface area contributed by atoms with Gasteiger partial charge in [-0.15, -0.1) is 0 Å². The van der Waals surface area contributed by atoms with Gasteiger partial charge in [-0.05, 0) is 13.0 Å². The number of carbonyl (C=O) groups excluding carboxylic acids is 1. The molecule has 0 radical (unpaired) electrons. The third-order valence-electron chi connectivity index (χ3n) is 3.50. The maximum atomic E-state index is 12.7. The van der Waals surface area contributed by atoms with Crippen LogP contribution in [0.25, 0.3) is 11.3 Å². The van der Waals surface area contributed by atoms with Gasteiger partial charge in [0.1, 0.15) is 17.0 Å². The summed E-state index contributed by atoms with van der Waals surface area (Å²) in [6, 6.07) is 7.29. The second-order valence-corrected chi connectivity index (χ2v) is 5.25. The molecule has 110 valence electrons. The number of hydrogen-bond donors (Lipinski definition) is 0. The first-order valence-corrected chi connectivity index (χ1v) is 7.14. The second kappa shape index (κ2) is 5.87. The van der Waals surface area contributed by atoms with Gasteiger partial charge in [0.15, 0.2) is 0 Å². The van der Waals surface area contributed by atoms with Crippen molar-refractivity contribution in [1.82, 2.24) is 10.1 Å². The smallest absolute Gasteiger partial charge is 0.259 e. The number of nitrogens with zero attached hydrogens (tertiary/aromatic N) is 2. The number of ether oxygens (including phenoxy) is 1. The van der Waals surface area contributed by atoms with Crippen LogP contribution in [0, 0.1) is 6.92 Å². The molecule has 0 saturated carbocycles. The van der Waals surface area contributed by atoms with Crippen LogP contribution in [0.5, 0.6) is 0 Å². The number of aryl methyl sites for hydroxylation is 1. The molecule has 3 rings (SSSR count). The highest BCUT2D eigenvalue weighted by Gasteiger charge is 2.27. The highest BCUT2D eigenvalue weighted by Crippen LogP contribution is 2.31. The third-order valence-corrected chi connectivity index (χ3v) is 3.83. The van der Waals surface area contributed by atoms with Crippen LogP contribution in [0.4, 0.5) is 0 Å². The average molecular weight is 307 g/mol. The Morgan fingerprint density at radius 2 is 2.00 bits per heavy atom. The van der Waals surface area contributed by atoms with Crippen LogP contribution in [0.2, 0.25) is 5.02 Å². The van der Waals surface area contributed by atoms with Gasteiger partial charge in [-0.1, -0.05) is 35.0 Å². The van der Waals surface area contributed by atoms with Gasteiger partial charge in [0.25, 0.3) is 5.91 Å². The minimum Gasteiger partial charge on any atom is -0.378 e. The molecule has 1 aromatic carbocycles. The van der Waals surface area contributed by atoms with Crippen molar-refractivity contribution < 1.29 is 14.1 Å². The van der Waals surface area contributed by atoms with Crippen LogP contribution >= 0.6 is 11.6 Å². The van der Waals surface area contributed by atoms with Gasteiger partial charge < -0.3 is 14.2 Å². The van der Waals surface area contributed by atoms with Crippen molar-refractivity contribution >= 4 is 17.5 Å². The Morgan fingerprint density at radius 3 is 2.71 bits per heavy atom. The average Bonchev–Trinajstić information content (AvgIpc) is 2.89. The lowest BCUT2D eigenvalue weighted by molar-refractivity contribution is 0.0302. The van der Waals surface area contributed by atoms with Crippen molar-refractivity contribution in [2.75, 3.05) is 26.3 Å². The molecule has 1 saturated heterocycles. The van der Waals surface area contributed by atoms with Crippen molar-refractivity contribution in [3.63, 3.8) is 0 Å². The zero-order chi connectivity index (χ0) is 14.8. The fourth-order valence-electron chi connectivity index (χ4n) is 2.39. The SMILES string of the molecule is Cc1onc(-c2ccccc2Cl)c1C(=O)N1CCOCC1. The Labute approximate surface area is 127 Å². The van der Waals surface area contributed by atoms with E-state index in [2.05, 4.69) is 5.16 Å². The van der Waals surface area contributed by atoms with E-state index < -0.39 is 0 Å². The molecule has 0 spiro atoms.